The van der Waals surface area contributed by atoms with Gasteiger partial charge in [-0.1, -0.05) is 29.8 Å². The summed E-state index contributed by atoms with van der Waals surface area (Å²) in [6.07, 6.45) is 0. The number of hydrogen-bond acceptors (Lipinski definition) is 7. The Morgan fingerprint density at radius 2 is 1.94 bits per heavy atom. The lowest BCUT2D eigenvalue weighted by Gasteiger charge is -2.19. The maximum atomic E-state index is 11.2. The van der Waals surface area contributed by atoms with Crippen LogP contribution in [0.3, 0.4) is 0 Å². The Labute approximate surface area is 205 Å². The highest BCUT2D eigenvalue weighted by Crippen LogP contribution is 2.40. The van der Waals surface area contributed by atoms with Crippen LogP contribution in [-0.2, 0) is 11.8 Å². The molecular weight excluding hydrogens is 472 g/mol. The molecule has 0 spiro atoms. The molecule has 0 radical (unpaired) electrons. The van der Waals surface area contributed by atoms with Gasteiger partial charge in [0.1, 0.15) is 19.3 Å². The summed E-state index contributed by atoms with van der Waals surface area (Å²) in [6.45, 7) is 0.514. The van der Waals surface area contributed by atoms with Crippen molar-refractivity contribution < 1.29 is 24.5 Å². The molecule has 5 rings (SSSR count). The van der Waals surface area contributed by atoms with Crippen molar-refractivity contribution in [3.05, 3.63) is 59.6 Å². The Kier molecular flexibility index (Phi) is 6.10. The molecule has 4 aromatic rings. The number of carboxylic acids is 1. The second kappa shape index (κ2) is 9.36. The summed E-state index contributed by atoms with van der Waals surface area (Å²) >= 11 is 6.80. The van der Waals surface area contributed by atoms with Gasteiger partial charge in [0.15, 0.2) is 17.3 Å². The number of halogens is 1. The quantitative estimate of drug-likeness (QED) is 0.301. The highest BCUT2D eigenvalue weighted by Gasteiger charge is 2.18. The van der Waals surface area contributed by atoms with Crippen LogP contribution in [-0.4, -0.2) is 51.8 Å². The molecule has 0 saturated carbocycles. The summed E-state index contributed by atoms with van der Waals surface area (Å²) < 4.78 is 13.0. The number of aliphatic carboxylic acids is 1. The van der Waals surface area contributed by atoms with Crippen LogP contribution in [0.5, 0.6) is 11.5 Å². The van der Waals surface area contributed by atoms with Crippen molar-refractivity contribution in [2.24, 2.45) is 7.05 Å². The molecule has 0 unspecified atom stereocenters. The number of hydrogen-bond donors (Lipinski definition) is 4. The Bertz CT molecular complexity index is 1420. The van der Waals surface area contributed by atoms with Gasteiger partial charge in [-0.3, -0.25) is 4.68 Å². The van der Waals surface area contributed by atoms with E-state index >= 15 is 0 Å². The van der Waals surface area contributed by atoms with Gasteiger partial charge in [0, 0.05) is 23.7 Å². The van der Waals surface area contributed by atoms with Crippen LogP contribution in [0.15, 0.2) is 54.6 Å². The molecule has 35 heavy (non-hydrogen) atoms. The SMILES string of the molecule is Cn1nc(Nc2cccc(-c3ccc4c(c3)OCCO4)c2Cl)c2ccc(N[C@H](CO)C(=O)O)cc21. The van der Waals surface area contributed by atoms with Gasteiger partial charge in [0.05, 0.1) is 22.8 Å². The molecule has 1 aromatic heterocycles. The number of aliphatic hydroxyl groups is 1. The molecule has 1 aliphatic rings. The van der Waals surface area contributed by atoms with E-state index < -0.39 is 18.6 Å². The minimum Gasteiger partial charge on any atom is -0.486 e. The number of nitrogens with zero attached hydrogens (tertiary/aromatic N) is 2. The summed E-state index contributed by atoms with van der Waals surface area (Å²) in [4.78, 5) is 11.2. The summed E-state index contributed by atoms with van der Waals surface area (Å²) in [5.41, 5.74) is 3.77. The number of aliphatic hydroxyl groups excluding tert-OH is 1. The van der Waals surface area contributed by atoms with Gasteiger partial charge in [-0.25, -0.2) is 4.79 Å². The smallest absolute Gasteiger partial charge is 0.328 e. The van der Waals surface area contributed by atoms with Gasteiger partial charge in [0.2, 0.25) is 0 Å². The van der Waals surface area contributed by atoms with E-state index in [2.05, 4.69) is 15.7 Å². The lowest BCUT2D eigenvalue weighted by atomic mass is 10.0. The maximum absolute atomic E-state index is 11.2. The third-order valence-corrected chi connectivity index (χ3v) is 6.19. The number of nitrogens with one attached hydrogen (secondary N) is 2. The van der Waals surface area contributed by atoms with Crippen molar-refractivity contribution in [1.29, 1.82) is 0 Å². The van der Waals surface area contributed by atoms with E-state index in [1.807, 2.05) is 42.5 Å². The van der Waals surface area contributed by atoms with Gasteiger partial charge in [-0.15, -0.1) is 0 Å². The third-order valence-electron chi connectivity index (χ3n) is 5.78. The zero-order chi connectivity index (χ0) is 24.5. The molecule has 0 fully saturated rings. The van der Waals surface area contributed by atoms with E-state index in [4.69, 9.17) is 21.1 Å². The molecular formula is C25H23ClN4O5. The number of carbonyl (C=O) groups is 1. The van der Waals surface area contributed by atoms with Crippen LogP contribution < -0.4 is 20.1 Å². The molecule has 0 bridgehead atoms. The molecule has 0 saturated heterocycles. The van der Waals surface area contributed by atoms with Crippen LogP contribution in [0.2, 0.25) is 5.02 Å². The predicted octanol–water partition coefficient (Wildman–Crippen LogP) is 4.27. The lowest BCUT2D eigenvalue weighted by Crippen LogP contribution is -2.32. The standard InChI is InChI=1S/C25H23ClN4O5/c1-30-20-12-15(27-19(13-31)25(32)33)6-7-17(20)24(29-30)28-18-4-2-3-16(23(18)26)14-5-8-21-22(11-14)35-10-9-34-21/h2-8,11-12,19,27,31H,9-10,13H2,1H3,(H,28,29)(H,32,33)/t19-/m1/s1. The second-order valence-corrected chi connectivity index (χ2v) is 8.45. The van der Waals surface area contributed by atoms with Gasteiger partial charge in [0.25, 0.3) is 0 Å². The molecule has 4 N–H and O–H groups in total. The van der Waals surface area contributed by atoms with E-state index in [0.717, 1.165) is 22.0 Å². The van der Waals surface area contributed by atoms with E-state index in [9.17, 15) is 15.0 Å². The van der Waals surface area contributed by atoms with Crippen molar-refractivity contribution in [1.82, 2.24) is 9.78 Å². The van der Waals surface area contributed by atoms with Gasteiger partial charge < -0.3 is 30.3 Å². The summed E-state index contributed by atoms with van der Waals surface area (Å²) in [7, 11) is 1.80. The van der Waals surface area contributed by atoms with E-state index in [1.165, 1.54) is 0 Å². The average molecular weight is 495 g/mol. The largest absolute Gasteiger partial charge is 0.486 e. The third kappa shape index (κ3) is 4.43. The van der Waals surface area contributed by atoms with Crippen LogP contribution in [0.25, 0.3) is 22.0 Å². The topological polar surface area (TPSA) is 118 Å². The predicted molar refractivity (Wildman–Crippen MR) is 134 cm³/mol. The fourth-order valence-corrected chi connectivity index (χ4v) is 4.30. The van der Waals surface area contributed by atoms with Crippen molar-refractivity contribution in [3.63, 3.8) is 0 Å². The molecule has 1 aliphatic heterocycles. The monoisotopic (exact) mass is 494 g/mol. The van der Waals surface area contributed by atoms with Gasteiger partial charge in [-0.05, 0) is 42.0 Å². The molecule has 180 valence electrons. The summed E-state index contributed by atoms with van der Waals surface area (Å²) in [6, 6.07) is 15.7. The number of rotatable bonds is 7. The Balaban J connectivity index is 1.45. The van der Waals surface area contributed by atoms with Crippen molar-refractivity contribution >= 4 is 45.7 Å². The van der Waals surface area contributed by atoms with Crippen molar-refractivity contribution in [2.75, 3.05) is 30.5 Å². The van der Waals surface area contributed by atoms with Crippen LogP contribution >= 0.6 is 11.6 Å². The fraction of sp³-hybridized carbons (Fsp3) is 0.200. The number of benzene rings is 3. The first-order valence-electron chi connectivity index (χ1n) is 11.0. The first-order valence-corrected chi connectivity index (χ1v) is 11.3. The lowest BCUT2D eigenvalue weighted by molar-refractivity contribution is -0.138. The van der Waals surface area contributed by atoms with Crippen LogP contribution in [0.4, 0.5) is 17.2 Å². The number of anilines is 3. The highest BCUT2D eigenvalue weighted by atomic mass is 35.5. The number of aryl methyl sites for hydroxylation is 1. The zero-order valence-electron chi connectivity index (χ0n) is 18.8. The highest BCUT2D eigenvalue weighted by molar-refractivity contribution is 6.36. The first-order chi connectivity index (χ1) is 16.9. The zero-order valence-corrected chi connectivity index (χ0v) is 19.5. The van der Waals surface area contributed by atoms with E-state index in [0.29, 0.717) is 46.9 Å². The molecule has 9 nitrogen and oxygen atoms in total. The van der Waals surface area contributed by atoms with E-state index in [-0.39, 0.29) is 0 Å². The molecule has 1 atom stereocenters. The van der Waals surface area contributed by atoms with E-state index in [1.54, 1.807) is 23.9 Å². The van der Waals surface area contributed by atoms with Gasteiger partial charge in [-0.2, -0.15) is 5.10 Å². The summed E-state index contributed by atoms with van der Waals surface area (Å²) in [5, 5.41) is 30.5. The Morgan fingerprint density at radius 3 is 2.71 bits per heavy atom. The normalized spacial score (nSPS) is 13.5. The van der Waals surface area contributed by atoms with Gasteiger partial charge >= 0.3 is 5.97 Å². The minimum absolute atomic E-state index is 0.507. The maximum Gasteiger partial charge on any atom is 0.328 e. The molecule has 0 amide bonds. The molecule has 0 aliphatic carbocycles. The van der Waals surface area contributed by atoms with Crippen LogP contribution in [0.1, 0.15) is 0 Å². The average Bonchev–Trinajstić information content (AvgIpc) is 3.17. The number of ether oxygens (including phenoxy) is 2. The molecule has 3 aromatic carbocycles. The first kappa shape index (κ1) is 22.8. The second-order valence-electron chi connectivity index (χ2n) is 8.07. The van der Waals surface area contributed by atoms with Crippen molar-refractivity contribution in [3.8, 4) is 22.6 Å². The fourth-order valence-electron chi connectivity index (χ4n) is 4.02. The number of aromatic nitrogens is 2. The van der Waals surface area contributed by atoms with Crippen LogP contribution in [0, 0.1) is 0 Å². The Morgan fingerprint density at radius 1 is 1.14 bits per heavy atom. The molecule has 2 heterocycles. The minimum atomic E-state index is -1.13. The number of fused-ring (bicyclic) bond motifs is 2. The Hall–Kier alpha value is -3.95. The summed E-state index contributed by atoms with van der Waals surface area (Å²) in [5.74, 6) is 0.877. The molecule has 10 heteroatoms. The van der Waals surface area contributed by atoms with Crippen molar-refractivity contribution in [2.45, 2.75) is 6.04 Å². The number of carboxylic acid groups (broad SMARTS) is 1.